The van der Waals surface area contributed by atoms with E-state index in [4.69, 9.17) is 5.73 Å². The molecule has 2 atom stereocenters. The molecule has 0 bridgehead atoms. The Hall–Kier alpha value is -0.640. The van der Waals surface area contributed by atoms with Crippen molar-refractivity contribution >= 4 is 5.97 Å². The van der Waals surface area contributed by atoms with Crippen LogP contribution in [-0.4, -0.2) is 25.3 Å². The Labute approximate surface area is 71.1 Å². The van der Waals surface area contributed by atoms with Gasteiger partial charge in [-0.15, -0.1) is 0 Å². The zero-order valence-electron chi connectivity index (χ0n) is 7.18. The summed E-state index contributed by atoms with van der Waals surface area (Å²) in [4.78, 5) is 11.0. The molecule has 0 aromatic heterocycles. The molecular weight excluding hydrogens is 161 g/mol. The van der Waals surface area contributed by atoms with Crippen molar-refractivity contribution in [1.82, 2.24) is 0 Å². The standard InChI is InChI=1S/C8H14FNO2/c1-12-7(11)6-2-3-8(9,4-6)5-10/h6H,2-5,10H2,1H3/t6-,8+/m0/s1. The van der Waals surface area contributed by atoms with Crippen LogP contribution in [0.15, 0.2) is 0 Å². The molecule has 0 aliphatic heterocycles. The van der Waals surface area contributed by atoms with Crippen molar-refractivity contribution in [1.29, 1.82) is 0 Å². The summed E-state index contributed by atoms with van der Waals surface area (Å²) in [6.07, 6.45) is 1.15. The maximum Gasteiger partial charge on any atom is 0.308 e. The van der Waals surface area contributed by atoms with Crippen LogP contribution >= 0.6 is 0 Å². The summed E-state index contributed by atoms with van der Waals surface area (Å²) in [6, 6.07) is 0. The lowest BCUT2D eigenvalue weighted by Gasteiger charge is -2.15. The summed E-state index contributed by atoms with van der Waals surface area (Å²) in [5, 5.41) is 0. The Morgan fingerprint density at radius 2 is 2.50 bits per heavy atom. The molecule has 0 aromatic carbocycles. The number of halogens is 1. The minimum Gasteiger partial charge on any atom is -0.469 e. The quantitative estimate of drug-likeness (QED) is 0.626. The first-order valence-corrected chi connectivity index (χ1v) is 4.08. The van der Waals surface area contributed by atoms with Gasteiger partial charge in [0.2, 0.25) is 0 Å². The van der Waals surface area contributed by atoms with Crippen molar-refractivity contribution in [3.05, 3.63) is 0 Å². The van der Waals surface area contributed by atoms with Crippen molar-refractivity contribution in [3.63, 3.8) is 0 Å². The van der Waals surface area contributed by atoms with Crippen LogP contribution in [0, 0.1) is 5.92 Å². The normalized spacial score (nSPS) is 35.1. The lowest BCUT2D eigenvalue weighted by Crippen LogP contribution is -2.30. The van der Waals surface area contributed by atoms with Gasteiger partial charge in [-0.05, 0) is 19.3 Å². The number of ether oxygens (including phenoxy) is 1. The number of hydrogen-bond acceptors (Lipinski definition) is 3. The van der Waals surface area contributed by atoms with E-state index in [1.165, 1.54) is 7.11 Å². The number of rotatable bonds is 2. The molecule has 0 heterocycles. The molecule has 1 saturated carbocycles. The number of carbonyl (C=O) groups excluding carboxylic acids is 1. The number of hydrogen-bond donors (Lipinski definition) is 1. The van der Waals surface area contributed by atoms with Crippen LogP contribution in [0.5, 0.6) is 0 Å². The minimum atomic E-state index is -1.33. The smallest absolute Gasteiger partial charge is 0.308 e. The summed E-state index contributed by atoms with van der Waals surface area (Å²) < 4.78 is 18.0. The molecule has 70 valence electrons. The average Bonchev–Trinajstić information content (AvgIpc) is 2.48. The highest BCUT2D eigenvalue weighted by Crippen LogP contribution is 2.37. The molecule has 2 N–H and O–H groups in total. The van der Waals surface area contributed by atoms with E-state index in [0.29, 0.717) is 12.8 Å². The fraction of sp³-hybridized carbons (Fsp3) is 0.875. The first-order valence-electron chi connectivity index (χ1n) is 4.08. The Balaban J connectivity index is 2.50. The molecule has 0 spiro atoms. The number of esters is 1. The third kappa shape index (κ3) is 1.75. The van der Waals surface area contributed by atoms with Gasteiger partial charge < -0.3 is 10.5 Å². The molecule has 0 unspecified atom stereocenters. The first-order chi connectivity index (χ1) is 5.61. The van der Waals surface area contributed by atoms with E-state index < -0.39 is 5.67 Å². The van der Waals surface area contributed by atoms with E-state index in [1.54, 1.807) is 0 Å². The molecule has 4 heteroatoms. The van der Waals surface area contributed by atoms with Gasteiger partial charge in [-0.25, -0.2) is 4.39 Å². The van der Waals surface area contributed by atoms with Gasteiger partial charge in [-0.2, -0.15) is 0 Å². The number of alkyl halides is 1. The topological polar surface area (TPSA) is 52.3 Å². The van der Waals surface area contributed by atoms with E-state index in [9.17, 15) is 9.18 Å². The average molecular weight is 175 g/mol. The van der Waals surface area contributed by atoms with Gasteiger partial charge in [-0.3, -0.25) is 4.79 Å². The second kappa shape index (κ2) is 3.39. The van der Waals surface area contributed by atoms with E-state index >= 15 is 0 Å². The van der Waals surface area contributed by atoms with Crippen molar-refractivity contribution in [2.24, 2.45) is 11.7 Å². The fourth-order valence-corrected chi connectivity index (χ4v) is 1.63. The SMILES string of the molecule is COC(=O)[C@H]1CC[C@](F)(CN)C1. The molecule has 1 aliphatic rings. The second-order valence-electron chi connectivity index (χ2n) is 3.32. The van der Waals surface area contributed by atoms with Crippen molar-refractivity contribution < 1.29 is 13.9 Å². The molecule has 1 fully saturated rings. The highest BCUT2D eigenvalue weighted by Gasteiger charge is 2.41. The van der Waals surface area contributed by atoms with Crippen LogP contribution in [0.1, 0.15) is 19.3 Å². The van der Waals surface area contributed by atoms with E-state index in [2.05, 4.69) is 4.74 Å². The van der Waals surface area contributed by atoms with Crippen molar-refractivity contribution in [3.8, 4) is 0 Å². The summed E-state index contributed by atoms with van der Waals surface area (Å²) >= 11 is 0. The van der Waals surface area contributed by atoms with Gasteiger partial charge in [-0.1, -0.05) is 0 Å². The largest absolute Gasteiger partial charge is 0.469 e. The molecule has 12 heavy (non-hydrogen) atoms. The fourth-order valence-electron chi connectivity index (χ4n) is 1.63. The highest BCUT2D eigenvalue weighted by atomic mass is 19.1. The monoisotopic (exact) mass is 175 g/mol. The third-order valence-electron chi connectivity index (χ3n) is 2.45. The van der Waals surface area contributed by atoms with E-state index in [1.807, 2.05) is 0 Å². The van der Waals surface area contributed by atoms with Crippen LogP contribution < -0.4 is 5.73 Å². The van der Waals surface area contributed by atoms with Gasteiger partial charge in [0.15, 0.2) is 0 Å². The number of carbonyl (C=O) groups is 1. The van der Waals surface area contributed by atoms with Gasteiger partial charge in [0, 0.05) is 6.54 Å². The molecule has 0 saturated heterocycles. The maximum atomic E-state index is 13.5. The summed E-state index contributed by atoms with van der Waals surface area (Å²) in [6.45, 7) is 0.000490. The lowest BCUT2D eigenvalue weighted by molar-refractivity contribution is -0.145. The molecule has 0 aromatic rings. The Morgan fingerprint density at radius 3 is 2.92 bits per heavy atom. The minimum absolute atomic E-state index is 0.000490. The first kappa shape index (κ1) is 9.45. The zero-order chi connectivity index (χ0) is 9.19. The predicted molar refractivity (Wildman–Crippen MR) is 42.3 cm³/mol. The molecule has 1 aliphatic carbocycles. The van der Waals surface area contributed by atoms with Gasteiger partial charge in [0.1, 0.15) is 5.67 Å². The lowest BCUT2D eigenvalue weighted by atomic mass is 10.0. The Morgan fingerprint density at radius 1 is 1.83 bits per heavy atom. The molecule has 0 radical (unpaired) electrons. The van der Waals surface area contributed by atoms with E-state index in [0.717, 1.165) is 0 Å². The van der Waals surface area contributed by atoms with Crippen LogP contribution in [0.25, 0.3) is 0 Å². The van der Waals surface area contributed by atoms with Crippen molar-refractivity contribution in [2.45, 2.75) is 24.9 Å². The second-order valence-corrected chi connectivity index (χ2v) is 3.32. The Kier molecular flexibility index (Phi) is 2.67. The predicted octanol–water partition coefficient (Wildman–Crippen LogP) is 0.626. The number of nitrogens with two attached hydrogens (primary N) is 1. The molecule has 0 amide bonds. The number of methoxy groups -OCH3 is 1. The van der Waals surface area contributed by atoms with Crippen LogP contribution in [0.2, 0.25) is 0 Å². The van der Waals surface area contributed by atoms with Gasteiger partial charge >= 0.3 is 5.97 Å². The zero-order valence-corrected chi connectivity index (χ0v) is 7.18. The van der Waals surface area contributed by atoms with Gasteiger partial charge in [0.25, 0.3) is 0 Å². The molecular formula is C8H14FNO2. The van der Waals surface area contributed by atoms with Crippen LogP contribution in [0.3, 0.4) is 0 Å². The summed E-state index contributed by atoms with van der Waals surface area (Å²) in [5.41, 5.74) is 3.91. The highest BCUT2D eigenvalue weighted by molar-refractivity contribution is 5.72. The Bertz CT molecular complexity index is 186. The van der Waals surface area contributed by atoms with Crippen LogP contribution in [0.4, 0.5) is 4.39 Å². The third-order valence-corrected chi connectivity index (χ3v) is 2.45. The van der Waals surface area contributed by atoms with E-state index in [-0.39, 0.29) is 24.9 Å². The molecule has 3 nitrogen and oxygen atoms in total. The molecule has 1 rings (SSSR count). The van der Waals surface area contributed by atoms with Crippen molar-refractivity contribution in [2.75, 3.05) is 13.7 Å². The summed E-state index contributed by atoms with van der Waals surface area (Å²) in [5.74, 6) is -0.605. The maximum absolute atomic E-state index is 13.5. The summed E-state index contributed by atoms with van der Waals surface area (Å²) in [7, 11) is 1.32. The van der Waals surface area contributed by atoms with Crippen LogP contribution in [-0.2, 0) is 9.53 Å². The van der Waals surface area contributed by atoms with Gasteiger partial charge in [0.05, 0.1) is 13.0 Å².